The van der Waals surface area contributed by atoms with E-state index in [1.807, 2.05) is 19.1 Å². The van der Waals surface area contributed by atoms with Gasteiger partial charge in [-0.2, -0.15) is 0 Å². The van der Waals surface area contributed by atoms with Crippen LogP contribution in [0.25, 0.3) is 0 Å². The van der Waals surface area contributed by atoms with Gasteiger partial charge in [0, 0.05) is 30.2 Å². The Kier molecular flexibility index (Phi) is 6.51. The Morgan fingerprint density at radius 2 is 2.04 bits per heavy atom. The molecule has 0 saturated carbocycles. The van der Waals surface area contributed by atoms with Crippen molar-refractivity contribution in [3.63, 3.8) is 0 Å². The molecule has 150 valence electrons. The molecule has 0 atom stereocenters. The Balaban J connectivity index is 1.53. The minimum absolute atomic E-state index is 0.0376. The van der Waals surface area contributed by atoms with Crippen molar-refractivity contribution < 1.29 is 14.3 Å². The Labute approximate surface area is 169 Å². The molecule has 1 aromatic carbocycles. The largest absolute Gasteiger partial charge is 0.450 e. The molecule has 0 aliphatic carbocycles. The smallest absolute Gasteiger partial charge is 0.409 e. The molecule has 1 aliphatic heterocycles. The highest BCUT2D eigenvalue weighted by atomic mass is 32.1. The summed E-state index contributed by atoms with van der Waals surface area (Å²) < 4.78 is 5.02. The number of thiazole rings is 1. The van der Waals surface area contributed by atoms with Gasteiger partial charge < -0.3 is 20.3 Å². The summed E-state index contributed by atoms with van der Waals surface area (Å²) in [7, 11) is 0. The van der Waals surface area contributed by atoms with Gasteiger partial charge in [-0.3, -0.25) is 4.79 Å². The summed E-state index contributed by atoms with van der Waals surface area (Å²) in [6.45, 7) is 7.43. The monoisotopic (exact) mass is 402 g/mol. The van der Waals surface area contributed by atoms with Gasteiger partial charge in [-0.15, -0.1) is 11.3 Å². The van der Waals surface area contributed by atoms with Gasteiger partial charge in [0.1, 0.15) is 5.69 Å². The second-order valence-corrected chi connectivity index (χ2v) is 7.77. The Bertz CT molecular complexity index is 844. The zero-order valence-electron chi connectivity index (χ0n) is 16.4. The second-order valence-electron chi connectivity index (χ2n) is 6.91. The molecule has 2 heterocycles. The first-order valence-electron chi connectivity index (χ1n) is 9.48. The van der Waals surface area contributed by atoms with E-state index in [4.69, 9.17) is 4.74 Å². The number of carbonyl (C=O) groups excluding carboxylic acids is 2. The third-order valence-corrected chi connectivity index (χ3v) is 5.47. The number of ether oxygens (including phenoxy) is 1. The molecule has 0 unspecified atom stereocenters. The zero-order chi connectivity index (χ0) is 20.1. The number of benzene rings is 1. The second kappa shape index (κ2) is 9.05. The van der Waals surface area contributed by atoms with Crippen LogP contribution >= 0.6 is 11.3 Å². The summed E-state index contributed by atoms with van der Waals surface area (Å²) >= 11 is 1.40. The number of nitrogens with one attached hydrogen (secondary N) is 2. The average molecular weight is 403 g/mol. The minimum Gasteiger partial charge on any atom is -0.450 e. The number of likely N-dealkylation sites (tertiary alicyclic amines) is 1. The fraction of sp³-hybridized carbons (Fsp3) is 0.450. The third kappa shape index (κ3) is 5.01. The van der Waals surface area contributed by atoms with Crippen LogP contribution in [0.15, 0.2) is 23.6 Å². The van der Waals surface area contributed by atoms with Crippen LogP contribution in [0.1, 0.15) is 41.4 Å². The first-order valence-corrected chi connectivity index (χ1v) is 10.4. The maximum atomic E-state index is 12.5. The van der Waals surface area contributed by atoms with E-state index in [0.717, 1.165) is 11.3 Å². The number of nitrogens with zero attached hydrogens (tertiary/aromatic N) is 2. The van der Waals surface area contributed by atoms with Gasteiger partial charge in [0.2, 0.25) is 0 Å². The predicted octanol–water partition coefficient (Wildman–Crippen LogP) is 3.85. The van der Waals surface area contributed by atoms with E-state index in [2.05, 4.69) is 28.6 Å². The van der Waals surface area contributed by atoms with Crippen molar-refractivity contribution in [2.75, 3.05) is 25.0 Å². The van der Waals surface area contributed by atoms with Gasteiger partial charge in [0.25, 0.3) is 5.91 Å². The first-order chi connectivity index (χ1) is 13.5. The predicted molar refractivity (Wildman–Crippen MR) is 110 cm³/mol. The summed E-state index contributed by atoms with van der Waals surface area (Å²) in [5.41, 5.74) is 3.73. The Morgan fingerprint density at radius 3 is 2.71 bits per heavy atom. The molecule has 0 spiro atoms. The third-order valence-electron chi connectivity index (χ3n) is 4.72. The van der Waals surface area contributed by atoms with Crippen molar-refractivity contribution in [2.45, 2.75) is 39.7 Å². The maximum Gasteiger partial charge on any atom is 0.409 e. The van der Waals surface area contributed by atoms with E-state index in [-0.39, 0.29) is 18.0 Å². The van der Waals surface area contributed by atoms with Crippen LogP contribution in [0.2, 0.25) is 0 Å². The van der Waals surface area contributed by atoms with Crippen LogP contribution in [0, 0.1) is 13.8 Å². The van der Waals surface area contributed by atoms with Crippen molar-refractivity contribution in [1.82, 2.24) is 15.2 Å². The van der Waals surface area contributed by atoms with E-state index in [1.54, 1.807) is 17.2 Å². The van der Waals surface area contributed by atoms with Crippen molar-refractivity contribution in [3.05, 3.63) is 40.4 Å². The van der Waals surface area contributed by atoms with Gasteiger partial charge >= 0.3 is 6.09 Å². The highest BCUT2D eigenvalue weighted by Gasteiger charge is 2.25. The van der Waals surface area contributed by atoms with E-state index in [1.165, 1.54) is 16.9 Å². The molecule has 0 radical (unpaired) electrons. The van der Waals surface area contributed by atoms with Gasteiger partial charge in [-0.05, 0) is 45.2 Å². The van der Waals surface area contributed by atoms with E-state index >= 15 is 0 Å². The lowest BCUT2D eigenvalue weighted by molar-refractivity contribution is 0.0857. The SMILES string of the molecule is CCOC(=O)N1CCC(NC(=O)c2csc(Nc3ccc(C)cc3C)n2)CC1. The van der Waals surface area contributed by atoms with E-state index in [0.29, 0.717) is 43.4 Å². The molecule has 2 amide bonds. The van der Waals surface area contributed by atoms with Crippen LogP contribution in [0.5, 0.6) is 0 Å². The lowest BCUT2D eigenvalue weighted by atomic mass is 10.1. The number of aromatic nitrogens is 1. The number of piperidine rings is 1. The van der Waals surface area contributed by atoms with Crippen LogP contribution in [0.3, 0.4) is 0 Å². The maximum absolute atomic E-state index is 12.5. The lowest BCUT2D eigenvalue weighted by Crippen LogP contribution is -2.46. The van der Waals surface area contributed by atoms with Crippen molar-refractivity contribution in [1.29, 1.82) is 0 Å². The van der Waals surface area contributed by atoms with Crippen LogP contribution in [-0.4, -0.2) is 47.6 Å². The summed E-state index contributed by atoms with van der Waals surface area (Å²) in [4.78, 5) is 30.3. The first kappa shape index (κ1) is 20.1. The quantitative estimate of drug-likeness (QED) is 0.794. The number of carbonyl (C=O) groups is 2. The summed E-state index contributed by atoms with van der Waals surface area (Å²) in [6, 6.07) is 6.20. The van der Waals surface area contributed by atoms with Gasteiger partial charge in [-0.1, -0.05) is 17.7 Å². The standard InChI is InChI=1S/C20H26N4O3S/c1-4-27-20(26)24-9-7-15(8-10-24)21-18(25)17-12-28-19(23-17)22-16-6-5-13(2)11-14(16)3/h5-6,11-12,15H,4,7-10H2,1-3H3,(H,21,25)(H,22,23). The van der Waals surface area contributed by atoms with Crippen molar-refractivity contribution in [2.24, 2.45) is 0 Å². The number of hydrogen-bond acceptors (Lipinski definition) is 6. The molecule has 1 aliphatic rings. The summed E-state index contributed by atoms with van der Waals surface area (Å²) in [5, 5.41) is 8.75. The molecule has 8 heteroatoms. The topological polar surface area (TPSA) is 83.6 Å². The van der Waals surface area contributed by atoms with Crippen molar-refractivity contribution in [3.8, 4) is 0 Å². The van der Waals surface area contributed by atoms with Gasteiger partial charge in [0.05, 0.1) is 6.61 Å². The number of anilines is 2. The fourth-order valence-corrected chi connectivity index (χ4v) is 3.89. The number of hydrogen-bond donors (Lipinski definition) is 2. The van der Waals surface area contributed by atoms with Crippen LogP contribution in [-0.2, 0) is 4.74 Å². The minimum atomic E-state index is -0.283. The number of amides is 2. The zero-order valence-corrected chi connectivity index (χ0v) is 17.3. The highest BCUT2D eigenvalue weighted by molar-refractivity contribution is 7.14. The van der Waals surface area contributed by atoms with E-state index < -0.39 is 0 Å². The highest BCUT2D eigenvalue weighted by Crippen LogP contribution is 2.24. The van der Waals surface area contributed by atoms with Crippen molar-refractivity contribution >= 4 is 34.2 Å². The number of rotatable bonds is 5. The molecule has 28 heavy (non-hydrogen) atoms. The molecule has 0 bridgehead atoms. The molecular formula is C20H26N4O3S. The Hall–Kier alpha value is -2.61. The average Bonchev–Trinajstić information content (AvgIpc) is 3.14. The van der Waals surface area contributed by atoms with Crippen LogP contribution in [0.4, 0.5) is 15.6 Å². The summed E-state index contributed by atoms with van der Waals surface area (Å²) in [6.07, 6.45) is 1.14. The fourth-order valence-electron chi connectivity index (χ4n) is 3.18. The van der Waals surface area contributed by atoms with Gasteiger partial charge in [0.15, 0.2) is 5.13 Å². The summed E-state index contributed by atoms with van der Waals surface area (Å²) in [5.74, 6) is -0.181. The molecule has 2 aromatic rings. The number of aryl methyl sites for hydroxylation is 2. The van der Waals surface area contributed by atoms with Crippen LogP contribution < -0.4 is 10.6 Å². The molecule has 1 aromatic heterocycles. The normalized spacial score (nSPS) is 14.6. The van der Waals surface area contributed by atoms with E-state index in [9.17, 15) is 9.59 Å². The molecule has 3 rings (SSSR count). The molecule has 1 fully saturated rings. The molecular weight excluding hydrogens is 376 g/mol. The molecule has 7 nitrogen and oxygen atoms in total. The molecule has 2 N–H and O–H groups in total. The molecule has 1 saturated heterocycles. The Morgan fingerprint density at radius 1 is 1.29 bits per heavy atom. The van der Waals surface area contributed by atoms with Gasteiger partial charge in [-0.25, -0.2) is 9.78 Å². The lowest BCUT2D eigenvalue weighted by Gasteiger charge is -2.31.